The third-order valence-electron chi connectivity index (χ3n) is 0.302. The summed E-state index contributed by atoms with van der Waals surface area (Å²) >= 11 is 0.125. The van der Waals surface area contributed by atoms with Gasteiger partial charge in [0.25, 0.3) is 0 Å². The van der Waals surface area contributed by atoms with Crippen LogP contribution in [-0.2, 0) is 4.79 Å². The minimum atomic E-state index is -0.745. The predicted molar refractivity (Wildman–Crippen MR) is 35.4 cm³/mol. The van der Waals surface area contributed by atoms with Crippen LogP contribution < -0.4 is 0 Å². The zero-order valence-electron chi connectivity index (χ0n) is 5.77. The van der Waals surface area contributed by atoms with E-state index < -0.39 is 5.97 Å². The molecule has 0 aliphatic rings. The summed E-state index contributed by atoms with van der Waals surface area (Å²) in [5, 5.41) is 7.72. The van der Waals surface area contributed by atoms with E-state index in [2.05, 4.69) is 6.04 Å². The van der Waals surface area contributed by atoms with Gasteiger partial charge in [-0.2, -0.15) is 0 Å². The molecule has 3 heteroatoms. The van der Waals surface area contributed by atoms with Gasteiger partial charge in [0.2, 0.25) is 0 Å². The molecule has 0 atom stereocenters. The zero-order chi connectivity index (χ0) is 6.99. The number of carbonyl (C=O) groups is 1. The normalized spacial score (nSPS) is 5.88. The van der Waals surface area contributed by atoms with Gasteiger partial charge in [-0.05, 0) is 0 Å². The van der Waals surface area contributed by atoms with Crippen LogP contribution in [0.25, 0.3) is 0 Å². The van der Waals surface area contributed by atoms with Crippen LogP contribution in [0.15, 0.2) is 0 Å². The fraction of sp³-hybridized carbons (Fsp3) is 0.800. The average Bonchev–Trinajstić information content (AvgIpc) is 1.69. The van der Waals surface area contributed by atoms with E-state index in [0.717, 1.165) is 0 Å². The van der Waals surface area contributed by atoms with Crippen LogP contribution >= 0.6 is 0 Å². The van der Waals surface area contributed by atoms with E-state index in [1.165, 1.54) is 0 Å². The molecule has 0 spiro atoms. The average molecular weight is 144 g/mol. The summed E-state index contributed by atoms with van der Waals surface area (Å²) in [5.74, 6) is -0.745. The molecule has 0 bridgehead atoms. The van der Waals surface area contributed by atoms with Crippen molar-refractivity contribution in [1.29, 1.82) is 0 Å². The molecule has 0 aliphatic heterocycles. The molecular weight excluding hydrogens is 132 g/mol. The Kier molecular flexibility index (Phi) is 15.4. The second-order valence-corrected chi connectivity index (χ2v) is 3.66. The number of carboxylic acid groups (broad SMARTS) is 1. The Morgan fingerprint density at radius 1 is 1.62 bits per heavy atom. The van der Waals surface area contributed by atoms with Crippen molar-refractivity contribution in [1.82, 2.24) is 0 Å². The summed E-state index contributed by atoms with van der Waals surface area (Å²) in [6, 6.07) is 0. The van der Waals surface area contributed by atoms with Gasteiger partial charge in [-0.3, -0.25) is 4.79 Å². The second-order valence-electron chi connectivity index (χ2n) is 1.45. The number of hydrogen-bond donors (Lipinski definition) is 1. The van der Waals surface area contributed by atoms with Crippen LogP contribution in [0.3, 0.4) is 0 Å². The molecule has 0 saturated heterocycles. The summed E-state index contributed by atoms with van der Waals surface area (Å²) < 4.78 is 4.62. The fourth-order valence-electron chi connectivity index (χ4n) is 0. The molecule has 8 heavy (non-hydrogen) atoms. The molecular formula is C5H12CaO2. The van der Waals surface area contributed by atoms with Gasteiger partial charge in [-0.15, -0.1) is 0 Å². The number of hydrogen-bond acceptors (Lipinski definition) is 1. The van der Waals surface area contributed by atoms with Crippen molar-refractivity contribution in [2.24, 2.45) is 0 Å². The third kappa shape index (κ3) is 29.7. The molecule has 0 aromatic heterocycles. The van der Waals surface area contributed by atoms with E-state index in [1.807, 2.05) is 0 Å². The van der Waals surface area contributed by atoms with E-state index in [-0.39, 0.29) is 40.3 Å². The maximum atomic E-state index is 9.37. The summed E-state index contributed by atoms with van der Waals surface area (Å²) in [7, 11) is 0. The molecule has 2 nitrogen and oxygen atoms in total. The van der Waals surface area contributed by atoms with Crippen molar-refractivity contribution in [3.05, 3.63) is 0 Å². The SMILES string of the molecule is CCC(=O)O.[CH3][Ca][CH3]. The van der Waals surface area contributed by atoms with Crippen molar-refractivity contribution in [3.8, 4) is 0 Å². The summed E-state index contributed by atoms with van der Waals surface area (Å²) in [6.45, 7) is 1.60. The Morgan fingerprint density at radius 2 is 1.75 bits per heavy atom. The Labute approximate surface area is 68.6 Å². The van der Waals surface area contributed by atoms with Crippen molar-refractivity contribution in [2.75, 3.05) is 0 Å². The predicted octanol–water partition coefficient (Wildman–Crippen LogP) is 1.27. The van der Waals surface area contributed by atoms with Crippen molar-refractivity contribution >= 4 is 39.8 Å². The molecule has 0 saturated carbocycles. The first kappa shape index (κ1) is 11.5. The molecule has 0 unspecified atom stereocenters. The number of carboxylic acids is 1. The van der Waals surface area contributed by atoms with Crippen molar-refractivity contribution in [3.63, 3.8) is 0 Å². The monoisotopic (exact) mass is 144 g/mol. The summed E-state index contributed by atoms with van der Waals surface area (Å²) in [4.78, 5) is 9.37. The van der Waals surface area contributed by atoms with Gasteiger partial charge in [0.15, 0.2) is 0 Å². The second kappa shape index (κ2) is 10.7. The van der Waals surface area contributed by atoms with E-state index in [1.54, 1.807) is 6.92 Å². The zero-order valence-corrected chi connectivity index (χ0v) is 7.98. The molecule has 0 aliphatic carbocycles. The molecule has 0 rings (SSSR count). The molecule has 0 heterocycles. The molecule has 46 valence electrons. The first-order valence-electron chi connectivity index (χ1n) is 2.90. The Morgan fingerprint density at radius 3 is 1.75 bits per heavy atom. The van der Waals surface area contributed by atoms with Gasteiger partial charge in [0, 0.05) is 6.42 Å². The molecule has 0 aromatic carbocycles. The Balaban J connectivity index is 0. The third-order valence-corrected chi connectivity index (χ3v) is 0.302. The van der Waals surface area contributed by atoms with E-state index in [9.17, 15) is 4.79 Å². The minimum absolute atomic E-state index is 0.125. The maximum absolute atomic E-state index is 9.37. The number of rotatable bonds is 1. The van der Waals surface area contributed by atoms with Gasteiger partial charge in [0.05, 0.1) is 0 Å². The fourth-order valence-corrected chi connectivity index (χ4v) is 0. The van der Waals surface area contributed by atoms with Gasteiger partial charge >= 0.3 is 45.8 Å². The van der Waals surface area contributed by atoms with Crippen LogP contribution in [0.2, 0.25) is 6.04 Å². The quantitative estimate of drug-likeness (QED) is 0.563. The Bertz CT molecular complexity index is 54.4. The molecule has 0 amide bonds. The molecule has 1 N–H and O–H groups in total. The van der Waals surface area contributed by atoms with E-state index in [0.29, 0.717) is 0 Å². The first-order chi connectivity index (χ1) is 3.68. The van der Waals surface area contributed by atoms with Gasteiger partial charge in [-0.1, -0.05) is 6.92 Å². The van der Waals surface area contributed by atoms with Gasteiger partial charge in [0.1, 0.15) is 0 Å². The van der Waals surface area contributed by atoms with Crippen molar-refractivity contribution in [2.45, 2.75) is 19.4 Å². The van der Waals surface area contributed by atoms with E-state index >= 15 is 0 Å². The van der Waals surface area contributed by atoms with Crippen LogP contribution in [-0.4, -0.2) is 44.9 Å². The standard InChI is InChI=1S/C3H6O2.2CH3.Ca/c1-2-3(4)5;;;/h2H2,1H3,(H,4,5);2*1H3;. The van der Waals surface area contributed by atoms with Gasteiger partial charge in [-0.25, -0.2) is 0 Å². The van der Waals surface area contributed by atoms with Crippen LogP contribution in [0.4, 0.5) is 0 Å². The summed E-state index contributed by atoms with van der Waals surface area (Å²) in [5.41, 5.74) is 0. The van der Waals surface area contributed by atoms with Crippen LogP contribution in [0, 0.1) is 0 Å². The molecule has 0 aromatic rings. The van der Waals surface area contributed by atoms with Gasteiger partial charge < -0.3 is 5.11 Å². The van der Waals surface area contributed by atoms with E-state index in [4.69, 9.17) is 5.11 Å². The van der Waals surface area contributed by atoms with Crippen LogP contribution in [0.1, 0.15) is 13.3 Å². The summed E-state index contributed by atoms with van der Waals surface area (Å²) in [6.07, 6.45) is 0.222. The number of aliphatic carboxylic acids is 1. The molecule has 0 radical (unpaired) electrons. The van der Waals surface area contributed by atoms with Crippen LogP contribution in [0.5, 0.6) is 0 Å². The Hall–Kier alpha value is 0.730. The molecule has 0 fully saturated rings. The van der Waals surface area contributed by atoms with Crippen molar-refractivity contribution < 1.29 is 9.90 Å². The topological polar surface area (TPSA) is 37.3 Å². The first-order valence-corrected chi connectivity index (χ1v) is 7.32.